The van der Waals surface area contributed by atoms with Gasteiger partial charge in [0.05, 0.1) is 12.5 Å². The Balaban J connectivity index is 1.47. The molecule has 1 aliphatic rings. The predicted molar refractivity (Wildman–Crippen MR) is 153 cm³/mol. The van der Waals surface area contributed by atoms with E-state index in [2.05, 4.69) is 6.07 Å². The SMILES string of the molecule is CCOc1cc(C2C(C#N)=C(N)Oc3cc(OS(=O)(=O)c4ccc(F)c(C)c4)ccc32)ccc1OCc1ccccc1. The number of nitrogens with zero attached hydrogens (tertiary/aromatic N) is 1. The smallest absolute Gasteiger partial charge is 0.339 e. The van der Waals surface area contributed by atoms with Crippen LogP contribution in [0.15, 0.2) is 101 Å². The van der Waals surface area contributed by atoms with Crippen LogP contribution in [0.2, 0.25) is 0 Å². The van der Waals surface area contributed by atoms with E-state index in [4.69, 9.17) is 24.1 Å². The van der Waals surface area contributed by atoms with Crippen molar-refractivity contribution in [3.05, 3.63) is 124 Å². The number of fused-ring (bicyclic) bond motifs is 1. The summed E-state index contributed by atoms with van der Waals surface area (Å²) in [6, 6.07) is 25.1. The molecule has 0 fully saturated rings. The number of halogens is 1. The van der Waals surface area contributed by atoms with Crippen LogP contribution >= 0.6 is 0 Å². The van der Waals surface area contributed by atoms with Crippen LogP contribution in [0.25, 0.3) is 0 Å². The minimum atomic E-state index is -4.26. The quantitative estimate of drug-likeness (QED) is 0.234. The Bertz CT molecular complexity index is 1820. The third kappa shape index (κ3) is 5.87. The van der Waals surface area contributed by atoms with Crippen LogP contribution in [-0.4, -0.2) is 15.0 Å². The summed E-state index contributed by atoms with van der Waals surface area (Å²) < 4.78 is 62.4. The van der Waals surface area contributed by atoms with Gasteiger partial charge < -0.3 is 24.1 Å². The number of hydrogen-bond acceptors (Lipinski definition) is 8. The van der Waals surface area contributed by atoms with Crippen LogP contribution in [0, 0.1) is 24.1 Å². The van der Waals surface area contributed by atoms with Crippen molar-refractivity contribution >= 4 is 10.1 Å². The first-order chi connectivity index (χ1) is 20.2. The molecule has 0 aromatic heterocycles. The molecule has 0 bridgehead atoms. The standard InChI is InChI=1S/C32H27FN2O6S/c1-3-38-30-16-22(9-14-28(30)39-19-21-7-5-4-6-8-21)31-25-12-10-23(17-29(25)40-32(35)26(31)18-34)41-42(36,37)24-11-13-27(33)20(2)15-24/h4-17,31H,3,19,35H2,1-2H3. The van der Waals surface area contributed by atoms with Gasteiger partial charge in [0.1, 0.15) is 40.5 Å². The van der Waals surface area contributed by atoms with E-state index in [-0.39, 0.29) is 33.4 Å². The number of aryl methyl sites for hydroxylation is 1. The molecule has 8 nitrogen and oxygen atoms in total. The Kier molecular flexibility index (Phi) is 8.04. The predicted octanol–water partition coefficient (Wildman–Crippen LogP) is 6.10. The molecule has 0 saturated carbocycles. The Morgan fingerprint density at radius 3 is 2.48 bits per heavy atom. The van der Waals surface area contributed by atoms with Crippen LogP contribution in [0.4, 0.5) is 4.39 Å². The summed E-state index contributed by atoms with van der Waals surface area (Å²) in [5, 5.41) is 9.98. The Labute approximate surface area is 243 Å². The summed E-state index contributed by atoms with van der Waals surface area (Å²) in [6.07, 6.45) is 0. The van der Waals surface area contributed by atoms with Gasteiger partial charge in [-0.2, -0.15) is 13.7 Å². The topological polar surface area (TPSA) is 121 Å². The summed E-state index contributed by atoms with van der Waals surface area (Å²) in [7, 11) is -4.26. The first-order valence-corrected chi connectivity index (χ1v) is 14.5. The van der Waals surface area contributed by atoms with Crippen molar-refractivity contribution < 1.29 is 31.2 Å². The lowest BCUT2D eigenvalue weighted by Gasteiger charge is -2.27. The number of hydrogen-bond donors (Lipinski definition) is 1. The first kappa shape index (κ1) is 28.5. The molecule has 1 unspecified atom stereocenters. The van der Waals surface area contributed by atoms with Gasteiger partial charge in [0.2, 0.25) is 5.88 Å². The summed E-state index contributed by atoms with van der Waals surface area (Å²) in [5.41, 5.74) is 8.77. The van der Waals surface area contributed by atoms with E-state index in [1.54, 1.807) is 18.2 Å². The van der Waals surface area contributed by atoms with Gasteiger partial charge in [0.15, 0.2) is 11.5 Å². The van der Waals surface area contributed by atoms with E-state index in [9.17, 15) is 18.1 Å². The molecule has 2 N–H and O–H groups in total. The molecule has 5 rings (SSSR count). The number of rotatable bonds is 9. The van der Waals surface area contributed by atoms with E-state index in [1.807, 2.05) is 43.3 Å². The number of ether oxygens (including phenoxy) is 3. The lowest BCUT2D eigenvalue weighted by atomic mass is 9.83. The third-order valence-electron chi connectivity index (χ3n) is 6.65. The Morgan fingerprint density at radius 1 is 0.976 bits per heavy atom. The van der Waals surface area contributed by atoms with Crippen LogP contribution in [0.5, 0.6) is 23.0 Å². The van der Waals surface area contributed by atoms with Gasteiger partial charge >= 0.3 is 10.1 Å². The van der Waals surface area contributed by atoms with Gasteiger partial charge in [-0.1, -0.05) is 42.5 Å². The molecule has 0 radical (unpaired) electrons. The summed E-state index contributed by atoms with van der Waals surface area (Å²) in [4.78, 5) is -0.192. The molecule has 0 amide bonds. The van der Waals surface area contributed by atoms with Crippen molar-refractivity contribution in [1.82, 2.24) is 0 Å². The van der Waals surface area contributed by atoms with Gasteiger partial charge in [0, 0.05) is 11.6 Å². The molecule has 1 heterocycles. The van der Waals surface area contributed by atoms with Gasteiger partial charge in [-0.05, 0) is 66.9 Å². The van der Waals surface area contributed by atoms with E-state index in [0.717, 1.165) is 17.7 Å². The molecule has 4 aromatic rings. The van der Waals surface area contributed by atoms with E-state index in [0.29, 0.717) is 35.8 Å². The summed E-state index contributed by atoms with van der Waals surface area (Å²) in [6.45, 7) is 4.06. The largest absolute Gasteiger partial charge is 0.490 e. The lowest BCUT2D eigenvalue weighted by molar-refractivity contribution is 0.269. The number of nitrogens with two attached hydrogens (primary N) is 1. The van der Waals surface area contributed by atoms with Crippen LogP contribution in [0.1, 0.15) is 35.1 Å². The van der Waals surface area contributed by atoms with Gasteiger partial charge in [-0.15, -0.1) is 0 Å². The molecule has 0 saturated heterocycles. The van der Waals surface area contributed by atoms with Crippen molar-refractivity contribution in [3.63, 3.8) is 0 Å². The number of allylic oxidation sites excluding steroid dienone is 1. The molecule has 1 aliphatic heterocycles. The molecule has 42 heavy (non-hydrogen) atoms. The molecule has 214 valence electrons. The highest BCUT2D eigenvalue weighted by atomic mass is 32.2. The monoisotopic (exact) mass is 586 g/mol. The first-order valence-electron chi connectivity index (χ1n) is 13.1. The molecule has 0 spiro atoms. The molecular formula is C32H27FN2O6S. The molecule has 1 atom stereocenters. The average molecular weight is 587 g/mol. The zero-order valence-electron chi connectivity index (χ0n) is 22.8. The fourth-order valence-electron chi connectivity index (χ4n) is 4.61. The second kappa shape index (κ2) is 11.8. The average Bonchev–Trinajstić information content (AvgIpc) is 2.97. The Morgan fingerprint density at radius 2 is 1.76 bits per heavy atom. The Hall–Kier alpha value is -5.01. The van der Waals surface area contributed by atoms with Crippen molar-refractivity contribution in [2.24, 2.45) is 5.73 Å². The second-order valence-corrected chi connectivity index (χ2v) is 11.0. The maximum absolute atomic E-state index is 13.7. The third-order valence-corrected chi connectivity index (χ3v) is 7.90. The molecule has 10 heteroatoms. The summed E-state index contributed by atoms with van der Waals surface area (Å²) >= 11 is 0. The van der Waals surface area contributed by atoms with Crippen LogP contribution < -0.4 is 24.1 Å². The highest BCUT2D eigenvalue weighted by Gasteiger charge is 2.32. The molecule has 4 aromatic carbocycles. The normalized spacial score (nSPS) is 14.4. The van der Waals surface area contributed by atoms with E-state index >= 15 is 0 Å². The molecular weight excluding hydrogens is 559 g/mol. The van der Waals surface area contributed by atoms with E-state index < -0.39 is 21.9 Å². The van der Waals surface area contributed by atoms with Crippen molar-refractivity contribution in [2.45, 2.75) is 31.3 Å². The second-order valence-electron chi connectivity index (χ2n) is 9.49. The summed E-state index contributed by atoms with van der Waals surface area (Å²) in [5.74, 6) is -0.0593. The van der Waals surface area contributed by atoms with Gasteiger partial charge in [-0.3, -0.25) is 0 Å². The van der Waals surface area contributed by atoms with Gasteiger partial charge in [-0.25, -0.2) is 4.39 Å². The lowest BCUT2D eigenvalue weighted by Crippen LogP contribution is -2.21. The highest BCUT2D eigenvalue weighted by molar-refractivity contribution is 7.87. The zero-order valence-corrected chi connectivity index (χ0v) is 23.7. The highest BCUT2D eigenvalue weighted by Crippen LogP contribution is 2.45. The van der Waals surface area contributed by atoms with Gasteiger partial charge in [0.25, 0.3) is 0 Å². The van der Waals surface area contributed by atoms with Crippen molar-refractivity contribution in [3.8, 4) is 29.1 Å². The minimum Gasteiger partial charge on any atom is -0.490 e. The fraction of sp³-hybridized carbons (Fsp3) is 0.156. The minimum absolute atomic E-state index is 0.0395. The van der Waals surface area contributed by atoms with E-state index in [1.165, 1.54) is 25.1 Å². The van der Waals surface area contributed by atoms with Crippen molar-refractivity contribution in [1.29, 1.82) is 5.26 Å². The number of benzene rings is 4. The van der Waals surface area contributed by atoms with Crippen molar-refractivity contribution in [2.75, 3.05) is 6.61 Å². The van der Waals surface area contributed by atoms with Crippen LogP contribution in [0.3, 0.4) is 0 Å². The maximum Gasteiger partial charge on any atom is 0.339 e. The van der Waals surface area contributed by atoms with Crippen LogP contribution in [-0.2, 0) is 16.7 Å². The molecule has 0 aliphatic carbocycles. The number of nitriles is 1. The maximum atomic E-state index is 13.7. The zero-order chi connectivity index (χ0) is 29.9. The fourth-order valence-corrected chi connectivity index (χ4v) is 5.61.